The molecule has 4 nitrogen and oxygen atoms in total. The number of rotatable bonds is 3. The Morgan fingerprint density at radius 1 is 1.07 bits per heavy atom. The Morgan fingerprint density at radius 3 is 2.07 bits per heavy atom. The molecule has 0 fully saturated rings. The van der Waals surface area contributed by atoms with Crippen LogP contribution in [0.5, 0.6) is 0 Å². The van der Waals surface area contributed by atoms with Crippen molar-refractivity contribution in [3.05, 3.63) is 57.1 Å². The van der Waals surface area contributed by atoms with Crippen LogP contribution < -0.4 is 0 Å². The monoisotopic (exact) mass is 455 g/mol. The topological polar surface area (TPSA) is 46.1 Å². The lowest BCUT2D eigenvalue weighted by molar-refractivity contribution is -0.143. The zero-order valence-electron chi connectivity index (χ0n) is 13.9. The van der Waals surface area contributed by atoms with Crippen LogP contribution >= 0.6 is 15.9 Å². The average molecular weight is 456 g/mol. The number of aryl methyl sites for hydroxylation is 1. The highest BCUT2D eigenvalue weighted by molar-refractivity contribution is 9.10. The molecule has 0 radical (unpaired) electrons. The molecule has 0 atom stereocenters. The summed E-state index contributed by atoms with van der Waals surface area (Å²) in [7, 11) is 1.25. The lowest BCUT2D eigenvalue weighted by Gasteiger charge is -2.20. The standard InChI is InChI=1S/C16H12BrF6N3O/c1-8-24-6-12(17)13(25-8)14(27)26(2)7-9-3-10(15(18,19)20)5-11(4-9)16(21,22)23/h3-6H,7H2,1-2H3. The highest BCUT2D eigenvalue weighted by atomic mass is 79.9. The molecule has 11 heteroatoms. The highest BCUT2D eigenvalue weighted by Crippen LogP contribution is 2.36. The third-order valence-electron chi connectivity index (χ3n) is 3.48. The maximum atomic E-state index is 12.9. The van der Waals surface area contributed by atoms with Crippen LogP contribution in [0, 0.1) is 6.92 Å². The minimum Gasteiger partial charge on any atom is -0.336 e. The van der Waals surface area contributed by atoms with Crippen molar-refractivity contribution in [2.75, 3.05) is 7.05 Å². The van der Waals surface area contributed by atoms with E-state index in [0.717, 1.165) is 4.90 Å². The van der Waals surface area contributed by atoms with Gasteiger partial charge in [0.25, 0.3) is 5.91 Å². The summed E-state index contributed by atoms with van der Waals surface area (Å²) >= 11 is 3.09. The summed E-state index contributed by atoms with van der Waals surface area (Å²) in [6.07, 6.45) is -8.58. The van der Waals surface area contributed by atoms with E-state index >= 15 is 0 Å². The van der Waals surface area contributed by atoms with Gasteiger partial charge in [0, 0.05) is 19.8 Å². The lowest BCUT2D eigenvalue weighted by Crippen LogP contribution is -2.28. The molecule has 146 valence electrons. The predicted molar refractivity (Wildman–Crippen MR) is 86.7 cm³/mol. The van der Waals surface area contributed by atoms with E-state index in [0.29, 0.717) is 12.1 Å². The van der Waals surface area contributed by atoms with Crippen molar-refractivity contribution >= 4 is 21.8 Å². The van der Waals surface area contributed by atoms with Gasteiger partial charge in [-0.25, -0.2) is 9.97 Å². The number of amides is 1. The molecule has 0 unspecified atom stereocenters. The number of benzene rings is 1. The second-order valence-corrected chi connectivity index (χ2v) is 6.54. The second-order valence-electron chi connectivity index (χ2n) is 5.69. The molecule has 1 heterocycles. The normalized spacial score (nSPS) is 12.2. The summed E-state index contributed by atoms with van der Waals surface area (Å²) in [5, 5.41) is 0. The fourth-order valence-corrected chi connectivity index (χ4v) is 2.60. The molecule has 27 heavy (non-hydrogen) atoms. The van der Waals surface area contributed by atoms with Gasteiger partial charge in [0.1, 0.15) is 11.5 Å². The molecule has 2 rings (SSSR count). The number of hydrogen-bond acceptors (Lipinski definition) is 3. The third kappa shape index (κ3) is 5.18. The summed E-state index contributed by atoms with van der Waals surface area (Å²) in [4.78, 5) is 21.2. The minimum atomic E-state index is -4.95. The zero-order chi connectivity index (χ0) is 20.6. The van der Waals surface area contributed by atoms with Crippen molar-refractivity contribution < 1.29 is 31.1 Å². The van der Waals surface area contributed by atoms with Gasteiger partial charge in [-0.3, -0.25) is 4.79 Å². The Hall–Kier alpha value is -2.17. The first kappa shape index (κ1) is 21.1. The quantitative estimate of drug-likeness (QED) is 0.621. The van der Waals surface area contributed by atoms with E-state index in [-0.39, 0.29) is 27.6 Å². The van der Waals surface area contributed by atoms with Gasteiger partial charge in [-0.05, 0) is 46.6 Å². The summed E-state index contributed by atoms with van der Waals surface area (Å²) < 4.78 is 77.8. The predicted octanol–water partition coefficient (Wildman–Crippen LogP) is 4.86. The molecule has 0 aliphatic carbocycles. The molecular formula is C16H12BrF6N3O. The highest BCUT2D eigenvalue weighted by Gasteiger charge is 2.37. The molecule has 0 aliphatic heterocycles. The first-order valence-electron chi connectivity index (χ1n) is 7.32. The van der Waals surface area contributed by atoms with Crippen LogP contribution in [-0.2, 0) is 18.9 Å². The van der Waals surface area contributed by atoms with E-state index in [9.17, 15) is 31.1 Å². The molecule has 0 saturated heterocycles. The molecule has 0 bridgehead atoms. The van der Waals surface area contributed by atoms with Crippen molar-refractivity contribution in [3.8, 4) is 0 Å². The van der Waals surface area contributed by atoms with Gasteiger partial charge in [-0.1, -0.05) is 0 Å². The number of aromatic nitrogens is 2. The maximum Gasteiger partial charge on any atom is 0.416 e. The summed E-state index contributed by atoms with van der Waals surface area (Å²) in [6, 6.07) is 1.20. The molecule has 2 aromatic rings. The van der Waals surface area contributed by atoms with Gasteiger partial charge in [0.15, 0.2) is 0 Å². The molecule has 0 aliphatic rings. The Morgan fingerprint density at radius 2 is 1.59 bits per heavy atom. The van der Waals surface area contributed by atoms with E-state index in [1.807, 2.05) is 0 Å². The largest absolute Gasteiger partial charge is 0.416 e. The van der Waals surface area contributed by atoms with Crippen molar-refractivity contribution in [1.82, 2.24) is 14.9 Å². The van der Waals surface area contributed by atoms with Crippen LogP contribution in [0.4, 0.5) is 26.3 Å². The van der Waals surface area contributed by atoms with E-state index in [1.54, 1.807) is 0 Å². The number of carbonyl (C=O) groups excluding carboxylic acids is 1. The Labute approximate surface area is 158 Å². The van der Waals surface area contributed by atoms with Crippen LogP contribution in [0.2, 0.25) is 0 Å². The molecule has 1 aromatic heterocycles. The van der Waals surface area contributed by atoms with Gasteiger partial charge < -0.3 is 4.90 Å². The number of nitrogens with zero attached hydrogens (tertiary/aromatic N) is 3. The summed E-state index contributed by atoms with van der Waals surface area (Å²) in [5.41, 5.74) is -3.23. The van der Waals surface area contributed by atoms with E-state index in [1.165, 1.54) is 20.2 Å². The Bertz CT molecular complexity index is 834. The number of carbonyl (C=O) groups is 1. The molecule has 0 spiro atoms. The molecule has 0 saturated carbocycles. The number of alkyl halides is 6. The van der Waals surface area contributed by atoms with Crippen LogP contribution in [0.15, 0.2) is 28.9 Å². The van der Waals surface area contributed by atoms with Crippen molar-refractivity contribution in [1.29, 1.82) is 0 Å². The fraction of sp³-hybridized carbons (Fsp3) is 0.312. The zero-order valence-corrected chi connectivity index (χ0v) is 15.5. The van der Waals surface area contributed by atoms with E-state index in [4.69, 9.17) is 0 Å². The van der Waals surface area contributed by atoms with E-state index < -0.39 is 35.9 Å². The SMILES string of the molecule is Cc1ncc(Br)c(C(=O)N(C)Cc2cc(C(F)(F)F)cc(C(F)(F)F)c2)n1. The van der Waals surface area contributed by atoms with Gasteiger partial charge in [-0.2, -0.15) is 26.3 Å². The first-order valence-corrected chi connectivity index (χ1v) is 8.11. The average Bonchev–Trinajstić information content (AvgIpc) is 2.54. The van der Waals surface area contributed by atoms with Crippen LogP contribution in [0.3, 0.4) is 0 Å². The summed E-state index contributed by atoms with van der Waals surface area (Å²) in [5.74, 6) is -0.397. The summed E-state index contributed by atoms with van der Waals surface area (Å²) in [6.45, 7) is 1.06. The number of halogens is 7. The second kappa shape index (κ2) is 7.45. The minimum absolute atomic E-state index is 0.0374. The van der Waals surface area contributed by atoms with Crippen LogP contribution in [0.1, 0.15) is 33.0 Å². The van der Waals surface area contributed by atoms with Crippen molar-refractivity contribution in [2.24, 2.45) is 0 Å². The molecular weight excluding hydrogens is 444 g/mol. The molecule has 1 amide bonds. The van der Waals surface area contributed by atoms with Crippen LogP contribution in [0.25, 0.3) is 0 Å². The smallest absolute Gasteiger partial charge is 0.336 e. The number of hydrogen-bond donors (Lipinski definition) is 0. The third-order valence-corrected chi connectivity index (χ3v) is 4.06. The van der Waals surface area contributed by atoms with Crippen molar-refractivity contribution in [2.45, 2.75) is 25.8 Å². The lowest BCUT2D eigenvalue weighted by atomic mass is 10.0. The van der Waals surface area contributed by atoms with Gasteiger partial charge >= 0.3 is 12.4 Å². The van der Waals surface area contributed by atoms with Crippen LogP contribution in [-0.4, -0.2) is 27.8 Å². The fourth-order valence-electron chi connectivity index (χ4n) is 2.24. The van der Waals surface area contributed by atoms with Gasteiger partial charge in [0.05, 0.1) is 15.6 Å². The maximum absolute atomic E-state index is 12.9. The molecule has 1 aromatic carbocycles. The molecule has 0 N–H and O–H groups in total. The van der Waals surface area contributed by atoms with Gasteiger partial charge in [-0.15, -0.1) is 0 Å². The first-order chi connectivity index (χ1) is 12.3. The van der Waals surface area contributed by atoms with Gasteiger partial charge in [0.2, 0.25) is 0 Å². The van der Waals surface area contributed by atoms with E-state index in [2.05, 4.69) is 25.9 Å². The Balaban J connectivity index is 2.38. The van der Waals surface area contributed by atoms with Crippen molar-refractivity contribution in [3.63, 3.8) is 0 Å². The Kier molecular flexibility index (Phi) is 5.83.